The summed E-state index contributed by atoms with van der Waals surface area (Å²) >= 11 is 0. The van der Waals surface area contributed by atoms with Gasteiger partial charge in [-0.1, -0.05) is 44.2 Å². The molecule has 1 heterocycles. The first-order chi connectivity index (χ1) is 17.6. The molecule has 0 fully saturated rings. The van der Waals surface area contributed by atoms with Gasteiger partial charge in [0, 0.05) is 19.6 Å². The standard InChI is InChI=1S/C26H45N7O3S/c1-7-32(8-2)18-13-19-37(35,36)30-23(17-16-22-14-11-10-12-15-22)25-28-24(33(9-3)29-25)20-31(6)26(34)27-21(4)5/h10-12,14-15,21,23,30H,7-9,13,16-20H2,1-6H3,(H,27,34)/t23-/m1/s1. The Kier molecular flexibility index (Phi) is 12.5. The summed E-state index contributed by atoms with van der Waals surface area (Å²) in [6, 6.07) is 9.22. The molecule has 0 spiro atoms. The van der Waals surface area contributed by atoms with Crippen LogP contribution in [-0.2, 0) is 29.5 Å². The van der Waals surface area contributed by atoms with Gasteiger partial charge in [-0.3, -0.25) is 0 Å². The van der Waals surface area contributed by atoms with E-state index in [1.807, 2.05) is 51.1 Å². The van der Waals surface area contributed by atoms with Gasteiger partial charge >= 0.3 is 6.03 Å². The van der Waals surface area contributed by atoms with Crippen molar-refractivity contribution in [3.05, 3.63) is 47.5 Å². The Morgan fingerprint density at radius 2 is 1.78 bits per heavy atom. The molecule has 1 aromatic heterocycles. The molecule has 0 aliphatic rings. The van der Waals surface area contributed by atoms with E-state index >= 15 is 0 Å². The summed E-state index contributed by atoms with van der Waals surface area (Å²) in [4.78, 5) is 20.9. The van der Waals surface area contributed by atoms with Crippen molar-refractivity contribution in [1.29, 1.82) is 0 Å². The predicted octanol–water partition coefficient (Wildman–Crippen LogP) is 3.17. The highest BCUT2D eigenvalue weighted by Gasteiger charge is 2.25. The van der Waals surface area contributed by atoms with Gasteiger partial charge in [0.1, 0.15) is 5.82 Å². The molecule has 10 nitrogen and oxygen atoms in total. The number of nitrogens with one attached hydrogen (secondary N) is 2. The molecule has 0 bridgehead atoms. The normalized spacial score (nSPS) is 12.8. The van der Waals surface area contributed by atoms with Crippen molar-refractivity contribution in [2.45, 2.75) is 79.1 Å². The summed E-state index contributed by atoms with van der Waals surface area (Å²) < 4.78 is 30.7. The summed E-state index contributed by atoms with van der Waals surface area (Å²) in [5.41, 5.74) is 1.12. The van der Waals surface area contributed by atoms with Crippen molar-refractivity contribution >= 4 is 16.1 Å². The molecule has 37 heavy (non-hydrogen) atoms. The minimum Gasteiger partial charge on any atom is -0.336 e. The average molecular weight is 536 g/mol. The molecule has 2 rings (SSSR count). The molecule has 0 saturated carbocycles. The molecule has 0 saturated heterocycles. The monoisotopic (exact) mass is 535 g/mol. The molecule has 0 aliphatic carbocycles. The third-order valence-corrected chi connectivity index (χ3v) is 7.65. The summed E-state index contributed by atoms with van der Waals surface area (Å²) in [6.07, 6.45) is 1.76. The van der Waals surface area contributed by atoms with E-state index in [1.54, 1.807) is 16.6 Å². The van der Waals surface area contributed by atoms with Crippen molar-refractivity contribution in [2.75, 3.05) is 32.4 Å². The van der Waals surface area contributed by atoms with Gasteiger partial charge in [0.2, 0.25) is 10.0 Å². The molecular formula is C26H45N7O3S. The van der Waals surface area contributed by atoms with Crippen molar-refractivity contribution in [3.63, 3.8) is 0 Å². The maximum absolute atomic E-state index is 13.1. The number of hydrogen-bond acceptors (Lipinski definition) is 6. The smallest absolute Gasteiger partial charge is 0.317 e. The number of aryl methyl sites for hydroxylation is 2. The zero-order valence-corrected chi connectivity index (χ0v) is 24.1. The van der Waals surface area contributed by atoms with Crippen LogP contribution in [0.15, 0.2) is 30.3 Å². The molecule has 208 valence electrons. The van der Waals surface area contributed by atoms with Crippen molar-refractivity contribution in [2.24, 2.45) is 0 Å². The van der Waals surface area contributed by atoms with Gasteiger partial charge in [-0.15, -0.1) is 0 Å². The van der Waals surface area contributed by atoms with Crippen molar-refractivity contribution in [3.8, 4) is 0 Å². The topological polar surface area (TPSA) is 112 Å². The number of urea groups is 1. The number of nitrogens with zero attached hydrogens (tertiary/aromatic N) is 5. The fourth-order valence-corrected chi connectivity index (χ4v) is 5.33. The number of hydrogen-bond donors (Lipinski definition) is 2. The summed E-state index contributed by atoms with van der Waals surface area (Å²) in [5, 5.41) is 7.52. The number of rotatable bonds is 16. The Balaban J connectivity index is 2.22. The Labute approximate surface area is 222 Å². The minimum atomic E-state index is -3.55. The van der Waals surface area contributed by atoms with E-state index in [2.05, 4.69) is 33.9 Å². The van der Waals surface area contributed by atoms with E-state index in [1.165, 1.54) is 0 Å². The van der Waals surface area contributed by atoms with Crippen LogP contribution in [-0.4, -0.2) is 77.5 Å². The second-order valence-electron chi connectivity index (χ2n) is 9.56. The lowest BCUT2D eigenvalue weighted by Crippen LogP contribution is -2.40. The second-order valence-corrected chi connectivity index (χ2v) is 11.4. The molecule has 1 aromatic carbocycles. The van der Waals surface area contributed by atoms with E-state index < -0.39 is 16.1 Å². The number of amides is 2. The molecule has 2 N–H and O–H groups in total. The van der Waals surface area contributed by atoms with Crippen molar-refractivity contribution in [1.82, 2.24) is 34.6 Å². The number of carbonyl (C=O) groups is 1. The number of carbonyl (C=O) groups excluding carboxylic acids is 1. The third kappa shape index (κ3) is 10.4. The van der Waals surface area contributed by atoms with Crippen LogP contribution in [0.2, 0.25) is 0 Å². The summed E-state index contributed by atoms with van der Waals surface area (Å²) in [5.74, 6) is 1.09. The molecule has 0 radical (unpaired) electrons. The predicted molar refractivity (Wildman–Crippen MR) is 148 cm³/mol. The van der Waals surface area contributed by atoms with Crippen molar-refractivity contribution < 1.29 is 13.2 Å². The largest absolute Gasteiger partial charge is 0.336 e. The highest BCUT2D eigenvalue weighted by atomic mass is 32.2. The van der Waals surface area contributed by atoms with Crippen LogP contribution >= 0.6 is 0 Å². The van der Waals surface area contributed by atoms with Gasteiger partial charge in [-0.25, -0.2) is 27.6 Å². The van der Waals surface area contributed by atoms with Gasteiger partial charge in [-0.05, 0) is 65.2 Å². The number of aromatic nitrogens is 3. The van der Waals surface area contributed by atoms with Crippen LogP contribution in [0.5, 0.6) is 0 Å². The number of sulfonamides is 1. The van der Waals surface area contributed by atoms with Gasteiger partial charge < -0.3 is 15.1 Å². The molecule has 0 aliphatic heterocycles. The quantitative estimate of drug-likeness (QED) is 0.341. The lowest BCUT2D eigenvalue weighted by atomic mass is 10.1. The Morgan fingerprint density at radius 3 is 2.38 bits per heavy atom. The fraction of sp³-hybridized carbons (Fsp3) is 0.654. The Hall–Kier alpha value is -2.50. The van der Waals surface area contributed by atoms with Gasteiger partial charge in [0.25, 0.3) is 0 Å². The summed E-state index contributed by atoms with van der Waals surface area (Å²) in [7, 11) is -1.84. The maximum atomic E-state index is 13.1. The first-order valence-electron chi connectivity index (χ1n) is 13.3. The lowest BCUT2D eigenvalue weighted by Gasteiger charge is -2.19. The van der Waals surface area contributed by atoms with E-state index in [9.17, 15) is 13.2 Å². The molecular weight excluding hydrogens is 490 g/mol. The minimum absolute atomic E-state index is 0.0214. The lowest BCUT2D eigenvalue weighted by molar-refractivity contribution is 0.202. The van der Waals surface area contributed by atoms with Crippen LogP contribution in [0.1, 0.15) is 70.7 Å². The summed E-state index contributed by atoms with van der Waals surface area (Å²) in [6.45, 7) is 13.3. The zero-order valence-electron chi connectivity index (χ0n) is 23.3. The van der Waals surface area contributed by atoms with Crippen LogP contribution in [0.25, 0.3) is 0 Å². The molecule has 1 atom stereocenters. The molecule has 2 aromatic rings. The third-order valence-electron chi connectivity index (χ3n) is 6.18. The zero-order chi connectivity index (χ0) is 27.4. The van der Waals surface area contributed by atoms with E-state index in [-0.39, 0.29) is 24.4 Å². The fourth-order valence-electron chi connectivity index (χ4n) is 4.04. The van der Waals surface area contributed by atoms with Gasteiger partial charge in [-0.2, -0.15) is 5.10 Å². The average Bonchev–Trinajstić information content (AvgIpc) is 3.27. The van der Waals surface area contributed by atoms with Gasteiger partial charge in [0.15, 0.2) is 5.82 Å². The maximum Gasteiger partial charge on any atom is 0.317 e. The second kappa shape index (κ2) is 15.0. The first-order valence-corrected chi connectivity index (χ1v) is 14.9. The molecule has 11 heteroatoms. The van der Waals surface area contributed by atoms with Crippen LogP contribution in [0, 0.1) is 0 Å². The highest BCUT2D eigenvalue weighted by Crippen LogP contribution is 2.19. The van der Waals surface area contributed by atoms with Gasteiger partial charge in [0.05, 0.1) is 18.3 Å². The first kappa shape index (κ1) is 30.7. The Morgan fingerprint density at radius 1 is 1.11 bits per heavy atom. The van der Waals surface area contributed by atoms with E-state index in [4.69, 9.17) is 4.98 Å². The molecule has 0 unspecified atom stereocenters. The van der Waals surface area contributed by atoms with Crippen LogP contribution in [0.4, 0.5) is 4.79 Å². The molecule has 2 amide bonds. The Bertz CT molecular complexity index is 1050. The van der Waals surface area contributed by atoms with Crippen LogP contribution in [0.3, 0.4) is 0 Å². The van der Waals surface area contributed by atoms with Crippen LogP contribution < -0.4 is 10.0 Å². The van der Waals surface area contributed by atoms with E-state index in [0.717, 1.165) is 25.2 Å². The highest BCUT2D eigenvalue weighted by molar-refractivity contribution is 7.89. The van der Waals surface area contributed by atoms with E-state index in [0.29, 0.717) is 37.5 Å². The SMILES string of the molecule is CCN(CC)CCCS(=O)(=O)N[C@H](CCc1ccccc1)c1nc(CN(C)C(=O)NC(C)C)n(CC)n1. The number of benzene rings is 1.